The summed E-state index contributed by atoms with van der Waals surface area (Å²) < 4.78 is 0. The monoisotopic (exact) mass is 103 g/mol. The Morgan fingerprint density at radius 3 is 2.57 bits per heavy atom. The minimum Gasteiger partial charge on any atom is -0.386 e. The van der Waals surface area contributed by atoms with Gasteiger partial charge in [0.05, 0.1) is 7.11 Å². The Kier molecular flexibility index (Phi) is 3.04. The summed E-state index contributed by atoms with van der Waals surface area (Å²) in [6, 6.07) is 0. The van der Waals surface area contributed by atoms with Crippen LogP contribution in [0, 0.1) is 0 Å². The van der Waals surface area contributed by atoms with Crippen molar-refractivity contribution < 1.29 is 4.84 Å². The van der Waals surface area contributed by atoms with Crippen molar-refractivity contribution in [3.63, 3.8) is 0 Å². The Hall–Kier alpha value is -0.770. The van der Waals surface area contributed by atoms with E-state index < -0.39 is 0 Å². The summed E-state index contributed by atoms with van der Waals surface area (Å²) in [5.74, 6) is 0.446. The van der Waals surface area contributed by atoms with Crippen LogP contribution in [-0.4, -0.2) is 12.9 Å². The third kappa shape index (κ3) is 5.23. The van der Waals surface area contributed by atoms with Gasteiger partial charge in [0.2, 0.25) is 0 Å². The average Bonchev–Trinajstić information content (AvgIpc) is 1.61. The van der Waals surface area contributed by atoms with Crippen molar-refractivity contribution in [2.75, 3.05) is 7.11 Å². The second-order valence-electron chi connectivity index (χ2n) is 1.05. The highest BCUT2D eigenvalue weighted by Crippen LogP contribution is 1.58. The molecule has 0 fully saturated rings. The number of nitrogens with two attached hydrogens (primary N) is 1. The van der Waals surface area contributed by atoms with Gasteiger partial charge in [-0.3, -0.25) is 4.84 Å². The van der Waals surface area contributed by atoms with Crippen LogP contribution in [-0.2, 0) is 4.84 Å². The molecule has 0 saturated carbocycles. The van der Waals surface area contributed by atoms with Crippen LogP contribution >= 0.6 is 0 Å². The molecule has 4 nitrogen and oxygen atoms in total. The first kappa shape index (κ1) is 6.23. The van der Waals surface area contributed by atoms with Crippen LogP contribution < -0.4 is 11.3 Å². The topological polar surface area (TPSA) is 59.6 Å². The number of rotatable bonds is 2. The van der Waals surface area contributed by atoms with Gasteiger partial charge < -0.3 is 5.73 Å². The Balaban J connectivity index is 3.08. The highest BCUT2D eigenvalue weighted by Gasteiger charge is 1.70. The third-order valence-corrected chi connectivity index (χ3v) is 0.313. The number of nitrogens with zero attached hydrogens (tertiary/aromatic N) is 1. The molecule has 0 aliphatic rings. The zero-order valence-corrected chi connectivity index (χ0v) is 4.43. The molecule has 0 unspecified atom stereocenters. The molecule has 0 rings (SSSR count). The molecule has 0 spiro atoms. The summed E-state index contributed by atoms with van der Waals surface area (Å²) in [4.78, 5) is 4.34. The van der Waals surface area contributed by atoms with E-state index in [0.29, 0.717) is 5.84 Å². The van der Waals surface area contributed by atoms with Crippen molar-refractivity contribution in [1.29, 1.82) is 0 Å². The van der Waals surface area contributed by atoms with Crippen LogP contribution in [0.2, 0.25) is 0 Å². The molecule has 0 heterocycles. The van der Waals surface area contributed by atoms with Gasteiger partial charge in [-0.25, -0.2) is 0 Å². The number of hydrogen-bond donors (Lipinski definition) is 2. The van der Waals surface area contributed by atoms with Crippen LogP contribution in [0.15, 0.2) is 5.10 Å². The molecule has 4 heteroatoms. The molecule has 0 bridgehead atoms. The van der Waals surface area contributed by atoms with Gasteiger partial charge in [0.25, 0.3) is 0 Å². The van der Waals surface area contributed by atoms with Crippen molar-refractivity contribution >= 4 is 5.84 Å². The van der Waals surface area contributed by atoms with Crippen LogP contribution in [0.4, 0.5) is 0 Å². The van der Waals surface area contributed by atoms with Crippen LogP contribution in [0.5, 0.6) is 0 Å². The standard InChI is InChI=1S/C3H9N3O/c1-3(4)5-6-7-2/h6H,1-2H3,(H2,4,5). The van der Waals surface area contributed by atoms with Gasteiger partial charge in [0.15, 0.2) is 0 Å². The van der Waals surface area contributed by atoms with E-state index >= 15 is 0 Å². The van der Waals surface area contributed by atoms with Crippen molar-refractivity contribution in [3.8, 4) is 0 Å². The summed E-state index contributed by atoms with van der Waals surface area (Å²) in [5.41, 5.74) is 7.30. The lowest BCUT2D eigenvalue weighted by Gasteiger charge is -1.91. The number of hydrazone groups is 1. The minimum absolute atomic E-state index is 0.446. The van der Waals surface area contributed by atoms with E-state index in [4.69, 9.17) is 5.73 Å². The molecule has 0 aromatic carbocycles. The summed E-state index contributed by atoms with van der Waals surface area (Å²) in [6.07, 6.45) is 0. The number of nitrogens with one attached hydrogen (secondary N) is 1. The van der Waals surface area contributed by atoms with Gasteiger partial charge in [-0.05, 0) is 6.92 Å². The molecule has 0 radical (unpaired) electrons. The van der Waals surface area contributed by atoms with Crippen LogP contribution in [0.1, 0.15) is 6.92 Å². The Labute approximate surface area is 42.3 Å². The number of amidine groups is 1. The fourth-order valence-electron chi connectivity index (χ4n) is 0.118. The molecule has 7 heavy (non-hydrogen) atoms. The van der Waals surface area contributed by atoms with E-state index in [0.717, 1.165) is 0 Å². The largest absolute Gasteiger partial charge is 0.386 e. The molecule has 0 aromatic heterocycles. The van der Waals surface area contributed by atoms with Crippen molar-refractivity contribution in [2.45, 2.75) is 6.92 Å². The average molecular weight is 103 g/mol. The predicted octanol–water partition coefficient (Wildman–Crippen LogP) is -0.571. The normalized spacial score (nSPS) is 11.4. The van der Waals surface area contributed by atoms with Gasteiger partial charge >= 0.3 is 0 Å². The third-order valence-electron chi connectivity index (χ3n) is 0.313. The SMILES string of the molecule is CONN=C(C)N. The summed E-state index contributed by atoms with van der Waals surface area (Å²) in [5, 5.41) is 3.47. The lowest BCUT2D eigenvalue weighted by molar-refractivity contribution is 0.0946. The summed E-state index contributed by atoms with van der Waals surface area (Å²) in [6.45, 7) is 1.66. The van der Waals surface area contributed by atoms with E-state index in [2.05, 4.69) is 15.5 Å². The van der Waals surface area contributed by atoms with E-state index in [9.17, 15) is 0 Å². The van der Waals surface area contributed by atoms with Crippen LogP contribution in [0.25, 0.3) is 0 Å². The van der Waals surface area contributed by atoms with Crippen LogP contribution in [0.3, 0.4) is 0 Å². The molecule has 3 N–H and O–H groups in total. The zero-order valence-electron chi connectivity index (χ0n) is 4.43. The van der Waals surface area contributed by atoms with E-state index in [1.54, 1.807) is 6.92 Å². The maximum absolute atomic E-state index is 5.09. The lowest BCUT2D eigenvalue weighted by atomic mass is 10.7. The molecule has 0 aliphatic heterocycles. The molecule has 0 amide bonds. The molecule has 42 valence electrons. The highest BCUT2D eigenvalue weighted by atomic mass is 16.7. The highest BCUT2D eigenvalue weighted by molar-refractivity contribution is 5.76. The molecule has 0 saturated heterocycles. The molecule has 0 aliphatic carbocycles. The first-order chi connectivity index (χ1) is 3.27. The number of hydrogen-bond acceptors (Lipinski definition) is 3. The van der Waals surface area contributed by atoms with E-state index in [1.165, 1.54) is 7.11 Å². The van der Waals surface area contributed by atoms with Gasteiger partial charge in [-0.1, -0.05) is 0 Å². The molecular weight excluding hydrogens is 94.1 g/mol. The quantitative estimate of drug-likeness (QED) is 0.279. The first-order valence-electron chi connectivity index (χ1n) is 1.85. The maximum Gasteiger partial charge on any atom is 0.118 e. The van der Waals surface area contributed by atoms with Gasteiger partial charge in [0.1, 0.15) is 5.84 Å². The maximum atomic E-state index is 5.09. The Morgan fingerprint density at radius 1 is 1.86 bits per heavy atom. The smallest absolute Gasteiger partial charge is 0.118 e. The van der Waals surface area contributed by atoms with Crippen molar-refractivity contribution in [3.05, 3.63) is 0 Å². The Morgan fingerprint density at radius 2 is 2.43 bits per heavy atom. The van der Waals surface area contributed by atoms with Gasteiger partial charge in [0, 0.05) is 0 Å². The molecule has 0 atom stereocenters. The summed E-state index contributed by atoms with van der Waals surface area (Å²) in [7, 11) is 1.46. The van der Waals surface area contributed by atoms with Gasteiger partial charge in [-0.15, -0.1) is 5.10 Å². The second-order valence-corrected chi connectivity index (χ2v) is 1.05. The molecule has 0 aromatic rings. The minimum atomic E-state index is 0.446. The Bertz CT molecular complexity index is 66.6. The van der Waals surface area contributed by atoms with E-state index in [-0.39, 0.29) is 0 Å². The van der Waals surface area contributed by atoms with Crippen molar-refractivity contribution in [2.24, 2.45) is 10.8 Å². The van der Waals surface area contributed by atoms with Crippen molar-refractivity contribution in [1.82, 2.24) is 5.59 Å². The first-order valence-corrected chi connectivity index (χ1v) is 1.85. The lowest BCUT2D eigenvalue weighted by Crippen LogP contribution is -2.12. The van der Waals surface area contributed by atoms with E-state index in [1.807, 2.05) is 0 Å². The fourth-order valence-corrected chi connectivity index (χ4v) is 0.118. The zero-order chi connectivity index (χ0) is 5.70. The molecular formula is C3H9N3O. The fraction of sp³-hybridized carbons (Fsp3) is 0.667. The summed E-state index contributed by atoms with van der Waals surface area (Å²) >= 11 is 0. The predicted molar refractivity (Wildman–Crippen MR) is 27.4 cm³/mol. The van der Waals surface area contributed by atoms with Gasteiger partial charge in [-0.2, -0.15) is 5.59 Å². The second kappa shape index (κ2) is 3.42.